The van der Waals surface area contributed by atoms with Crippen LogP contribution in [0.25, 0.3) is 10.9 Å². The molecule has 0 spiro atoms. The predicted molar refractivity (Wildman–Crippen MR) is 114 cm³/mol. The molecule has 2 atom stereocenters. The summed E-state index contributed by atoms with van der Waals surface area (Å²) in [6.07, 6.45) is 3.34. The highest BCUT2D eigenvalue weighted by Gasteiger charge is 2.33. The van der Waals surface area contributed by atoms with Crippen LogP contribution in [0, 0.1) is 5.92 Å². The Morgan fingerprint density at radius 2 is 2.07 bits per heavy atom. The van der Waals surface area contributed by atoms with E-state index in [-0.39, 0.29) is 12.0 Å². The third kappa shape index (κ3) is 3.93. The molecule has 29 heavy (non-hydrogen) atoms. The molecule has 0 bridgehead atoms. The molecule has 0 radical (unpaired) electrons. The van der Waals surface area contributed by atoms with Gasteiger partial charge in [-0.05, 0) is 55.3 Å². The fourth-order valence-corrected chi connectivity index (χ4v) is 4.46. The van der Waals surface area contributed by atoms with E-state index in [1.165, 1.54) is 0 Å². The van der Waals surface area contributed by atoms with E-state index in [1.807, 2.05) is 42.5 Å². The van der Waals surface area contributed by atoms with Crippen LogP contribution in [-0.4, -0.2) is 41.2 Å². The number of aliphatic carboxylic acids is 1. The van der Waals surface area contributed by atoms with E-state index in [0.717, 1.165) is 40.7 Å². The largest absolute Gasteiger partial charge is 0.496 e. The summed E-state index contributed by atoms with van der Waals surface area (Å²) in [5.74, 6) is -0.395. The lowest BCUT2D eigenvalue weighted by atomic mass is 9.89. The fraction of sp³-hybridized carbons (Fsp3) is 0.304. The number of ether oxygens (including phenoxy) is 1. The highest BCUT2D eigenvalue weighted by Crippen LogP contribution is 2.40. The lowest BCUT2D eigenvalue weighted by Gasteiger charge is -2.38. The van der Waals surface area contributed by atoms with Gasteiger partial charge in [0, 0.05) is 28.7 Å². The zero-order valence-electron chi connectivity index (χ0n) is 16.2. The number of halogens is 1. The Morgan fingerprint density at radius 3 is 2.86 bits per heavy atom. The van der Waals surface area contributed by atoms with Gasteiger partial charge in [-0.3, -0.25) is 14.7 Å². The summed E-state index contributed by atoms with van der Waals surface area (Å²) in [4.78, 5) is 18.4. The number of carboxylic acids is 1. The maximum Gasteiger partial charge on any atom is 0.307 e. The van der Waals surface area contributed by atoms with Gasteiger partial charge in [0.1, 0.15) is 5.75 Å². The van der Waals surface area contributed by atoms with E-state index in [9.17, 15) is 9.90 Å². The first-order chi connectivity index (χ1) is 14.1. The van der Waals surface area contributed by atoms with Crippen LogP contribution < -0.4 is 4.74 Å². The molecular weight excluding hydrogens is 388 g/mol. The van der Waals surface area contributed by atoms with Crippen molar-refractivity contribution < 1.29 is 14.6 Å². The topological polar surface area (TPSA) is 62.7 Å². The van der Waals surface area contributed by atoms with Gasteiger partial charge in [0.25, 0.3) is 0 Å². The maximum atomic E-state index is 11.7. The molecule has 1 fully saturated rings. The van der Waals surface area contributed by atoms with Gasteiger partial charge in [0.05, 0.1) is 24.6 Å². The minimum atomic E-state index is -0.744. The Hall–Kier alpha value is -2.63. The van der Waals surface area contributed by atoms with Crippen molar-refractivity contribution in [3.05, 3.63) is 70.9 Å². The van der Waals surface area contributed by atoms with Crippen molar-refractivity contribution in [3.63, 3.8) is 0 Å². The third-order valence-corrected chi connectivity index (χ3v) is 5.87. The summed E-state index contributed by atoms with van der Waals surface area (Å²) < 4.78 is 5.66. The Morgan fingerprint density at radius 1 is 1.24 bits per heavy atom. The summed E-state index contributed by atoms with van der Waals surface area (Å²) in [5.41, 5.74) is 2.91. The highest BCUT2D eigenvalue weighted by atomic mass is 35.5. The number of piperidine rings is 1. The molecule has 1 aliphatic rings. The molecule has 150 valence electrons. The van der Waals surface area contributed by atoms with Gasteiger partial charge in [0.2, 0.25) is 0 Å². The van der Waals surface area contributed by atoms with Crippen molar-refractivity contribution >= 4 is 28.5 Å². The van der Waals surface area contributed by atoms with Crippen LogP contribution in [0.1, 0.15) is 30.0 Å². The van der Waals surface area contributed by atoms with Crippen molar-refractivity contribution in [1.82, 2.24) is 9.88 Å². The molecule has 0 aliphatic carbocycles. The number of nitrogens with zero attached hydrogens (tertiary/aromatic N) is 2. The smallest absolute Gasteiger partial charge is 0.307 e. The van der Waals surface area contributed by atoms with E-state index >= 15 is 0 Å². The number of methoxy groups -OCH3 is 1. The SMILES string of the molecule is COc1ccc(Cl)cc1C(c1ccnc2ccccc12)N1CCCC(C(=O)O)C1. The quantitative estimate of drug-likeness (QED) is 0.655. The number of rotatable bonds is 5. The van der Waals surface area contributed by atoms with Crippen LogP contribution in [0.5, 0.6) is 5.75 Å². The fourth-order valence-electron chi connectivity index (χ4n) is 4.28. The van der Waals surface area contributed by atoms with Gasteiger partial charge >= 0.3 is 5.97 Å². The van der Waals surface area contributed by atoms with Crippen molar-refractivity contribution in [2.75, 3.05) is 20.2 Å². The van der Waals surface area contributed by atoms with Crippen LogP contribution in [0.15, 0.2) is 54.7 Å². The molecule has 2 unspecified atom stereocenters. The summed E-state index contributed by atoms with van der Waals surface area (Å²) in [6.45, 7) is 1.28. The number of benzene rings is 2. The number of carbonyl (C=O) groups is 1. The van der Waals surface area contributed by atoms with Crippen LogP contribution in [0.3, 0.4) is 0 Å². The zero-order chi connectivity index (χ0) is 20.4. The standard InChI is InChI=1S/C23H23ClN2O3/c1-29-21-9-8-16(24)13-19(21)22(26-12-4-5-15(14-26)23(27)28)18-10-11-25-20-7-3-2-6-17(18)20/h2-3,6-11,13,15,22H,4-5,12,14H2,1H3,(H,27,28). The predicted octanol–water partition coefficient (Wildman–Crippen LogP) is 4.78. The van der Waals surface area contributed by atoms with Gasteiger partial charge < -0.3 is 9.84 Å². The number of carboxylic acid groups (broad SMARTS) is 1. The molecule has 2 heterocycles. The number of likely N-dealkylation sites (tertiary alicyclic amines) is 1. The molecule has 0 amide bonds. The summed E-state index contributed by atoms with van der Waals surface area (Å²) >= 11 is 6.36. The summed E-state index contributed by atoms with van der Waals surface area (Å²) in [5, 5.41) is 11.3. The first-order valence-electron chi connectivity index (χ1n) is 9.72. The van der Waals surface area contributed by atoms with Gasteiger partial charge in [-0.15, -0.1) is 0 Å². The van der Waals surface area contributed by atoms with Crippen molar-refractivity contribution in [2.45, 2.75) is 18.9 Å². The molecule has 2 aromatic carbocycles. The van der Waals surface area contributed by atoms with Gasteiger partial charge in [0.15, 0.2) is 0 Å². The summed E-state index contributed by atoms with van der Waals surface area (Å²) in [7, 11) is 1.64. The molecule has 6 heteroatoms. The molecular formula is C23H23ClN2O3. The molecule has 1 N–H and O–H groups in total. The molecule has 3 aromatic rings. The second kappa shape index (κ2) is 8.39. The Labute approximate surface area is 174 Å². The number of aromatic nitrogens is 1. The van der Waals surface area contributed by atoms with Gasteiger partial charge in [-0.25, -0.2) is 0 Å². The second-order valence-electron chi connectivity index (χ2n) is 7.38. The van der Waals surface area contributed by atoms with Crippen LogP contribution in [0.2, 0.25) is 5.02 Å². The number of fused-ring (bicyclic) bond motifs is 1. The maximum absolute atomic E-state index is 11.7. The zero-order valence-corrected chi connectivity index (χ0v) is 17.0. The van der Waals surface area contributed by atoms with Crippen LogP contribution in [0.4, 0.5) is 0 Å². The Kier molecular flexibility index (Phi) is 5.69. The first kappa shape index (κ1) is 19.7. The number of para-hydroxylation sites is 1. The molecule has 1 saturated heterocycles. The van der Waals surface area contributed by atoms with Crippen molar-refractivity contribution in [2.24, 2.45) is 5.92 Å². The van der Waals surface area contributed by atoms with E-state index < -0.39 is 5.97 Å². The minimum absolute atomic E-state index is 0.182. The van der Waals surface area contributed by atoms with Crippen molar-refractivity contribution in [3.8, 4) is 5.75 Å². The summed E-state index contributed by atoms with van der Waals surface area (Å²) in [6, 6.07) is 15.4. The number of pyridine rings is 1. The average Bonchev–Trinajstić information content (AvgIpc) is 2.74. The average molecular weight is 411 g/mol. The van der Waals surface area contributed by atoms with E-state index in [2.05, 4.69) is 16.0 Å². The normalized spacial score (nSPS) is 18.5. The minimum Gasteiger partial charge on any atom is -0.496 e. The first-order valence-corrected chi connectivity index (χ1v) is 10.1. The molecule has 1 aliphatic heterocycles. The third-order valence-electron chi connectivity index (χ3n) is 5.63. The lowest BCUT2D eigenvalue weighted by molar-refractivity contribution is -0.143. The van der Waals surface area contributed by atoms with E-state index in [0.29, 0.717) is 18.0 Å². The van der Waals surface area contributed by atoms with E-state index in [1.54, 1.807) is 13.3 Å². The van der Waals surface area contributed by atoms with Gasteiger partial charge in [-0.1, -0.05) is 29.8 Å². The molecule has 4 rings (SSSR count). The number of hydrogen-bond acceptors (Lipinski definition) is 4. The molecule has 1 aromatic heterocycles. The molecule has 0 saturated carbocycles. The monoisotopic (exact) mass is 410 g/mol. The van der Waals surface area contributed by atoms with Gasteiger partial charge in [-0.2, -0.15) is 0 Å². The van der Waals surface area contributed by atoms with Crippen LogP contribution >= 0.6 is 11.6 Å². The Bertz CT molecular complexity index is 1030. The Balaban J connectivity index is 1.90. The number of hydrogen-bond donors (Lipinski definition) is 1. The second-order valence-corrected chi connectivity index (χ2v) is 7.81. The van der Waals surface area contributed by atoms with Crippen molar-refractivity contribution in [1.29, 1.82) is 0 Å². The highest BCUT2D eigenvalue weighted by molar-refractivity contribution is 6.30. The lowest BCUT2D eigenvalue weighted by Crippen LogP contribution is -2.41. The van der Waals surface area contributed by atoms with E-state index in [4.69, 9.17) is 16.3 Å². The molecule has 5 nitrogen and oxygen atoms in total. The van der Waals surface area contributed by atoms with Crippen LogP contribution in [-0.2, 0) is 4.79 Å².